The number of halogens is 3. The van der Waals surface area contributed by atoms with Crippen LogP contribution in [0.1, 0.15) is 5.56 Å². The van der Waals surface area contributed by atoms with E-state index in [-0.39, 0.29) is 17.2 Å². The molecule has 2 N–H and O–H groups in total. The molecule has 15 heteroatoms. The number of rotatable bonds is 7. The number of hydrogen-bond acceptors (Lipinski definition) is 8. The van der Waals surface area contributed by atoms with E-state index in [4.69, 9.17) is 9.88 Å². The highest BCUT2D eigenvalue weighted by Crippen LogP contribution is 2.23. The lowest BCUT2D eigenvalue weighted by Gasteiger charge is -2.10. The molecule has 160 valence electrons. The third-order valence-corrected chi connectivity index (χ3v) is 4.61. The van der Waals surface area contributed by atoms with Gasteiger partial charge in [0.05, 0.1) is 11.3 Å². The van der Waals surface area contributed by atoms with Gasteiger partial charge in [-0.2, -0.15) is 8.42 Å². The largest absolute Gasteiger partial charge is 0.489 e. The molecule has 1 heterocycles. The van der Waals surface area contributed by atoms with E-state index in [1.807, 2.05) is 0 Å². The van der Waals surface area contributed by atoms with Crippen molar-refractivity contribution in [2.24, 2.45) is 5.14 Å². The van der Waals surface area contributed by atoms with E-state index in [0.717, 1.165) is 35.3 Å². The molecule has 0 bridgehead atoms. The average Bonchev–Trinajstić information content (AvgIpc) is 3.11. The van der Waals surface area contributed by atoms with Crippen molar-refractivity contribution in [1.29, 1.82) is 0 Å². The standard InChI is InChI=1S/C15H11F3N4O6S2/c16-13-5-9(22-8-20-15(21-22)29(19,23)24)6-14(17)12(13)7-27-10-1-3-11(4-2-10)28-30(18,25)26/h1-6,8H,7H2,(H2,19,23,24). The number of hydrogen-bond donors (Lipinski definition) is 1. The van der Waals surface area contributed by atoms with Crippen LogP contribution in [-0.2, 0) is 27.1 Å². The summed E-state index contributed by atoms with van der Waals surface area (Å²) in [7, 11) is -9.37. The quantitative estimate of drug-likeness (QED) is 0.517. The van der Waals surface area contributed by atoms with Gasteiger partial charge >= 0.3 is 10.5 Å². The average molecular weight is 464 g/mol. The van der Waals surface area contributed by atoms with E-state index in [1.54, 1.807) is 0 Å². The highest BCUT2D eigenvalue weighted by molar-refractivity contribution is 7.89. The second-order valence-electron chi connectivity index (χ2n) is 5.64. The first kappa shape index (κ1) is 21.5. The summed E-state index contributed by atoms with van der Waals surface area (Å²) in [4.78, 5) is 3.45. The maximum absolute atomic E-state index is 14.3. The summed E-state index contributed by atoms with van der Waals surface area (Å²) in [6.07, 6.45) is 0.922. The van der Waals surface area contributed by atoms with Gasteiger partial charge < -0.3 is 8.92 Å². The van der Waals surface area contributed by atoms with Gasteiger partial charge in [0.1, 0.15) is 36.1 Å². The van der Waals surface area contributed by atoms with Crippen LogP contribution in [0.5, 0.6) is 11.5 Å². The van der Waals surface area contributed by atoms with Gasteiger partial charge in [0.25, 0.3) is 15.2 Å². The van der Waals surface area contributed by atoms with Crippen LogP contribution in [0.2, 0.25) is 0 Å². The summed E-state index contributed by atoms with van der Waals surface area (Å²) < 4.78 is 94.4. The number of primary sulfonamides is 1. The lowest BCUT2D eigenvalue weighted by Crippen LogP contribution is -2.14. The van der Waals surface area contributed by atoms with Crippen molar-refractivity contribution in [3.63, 3.8) is 0 Å². The summed E-state index contributed by atoms with van der Waals surface area (Å²) in [6, 6.07) is 6.33. The van der Waals surface area contributed by atoms with Crippen LogP contribution in [0.3, 0.4) is 0 Å². The minimum absolute atomic E-state index is 0.0931. The van der Waals surface area contributed by atoms with E-state index in [2.05, 4.69) is 14.3 Å². The Kier molecular flexibility index (Phi) is 5.69. The van der Waals surface area contributed by atoms with Crippen LogP contribution in [-0.4, -0.2) is 31.6 Å². The van der Waals surface area contributed by atoms with Gasteiger partial charge in [0, 0.05) is 12.1 Å². The van der Waals surface area contributed by atoms with Crippen molar-refractivity contribution < 1.29 is 38.4 Å². The molecule has 3 rings (SSSR count). The molecule has 0 aliphatic rings. The van der Waals surface area contributed by atoms with Crippen LogP contribution in [0.15, 0.2) is 47.9 Å². The highest BCUT2D eigenvalue weighted by Gasteiger charge is 2.17. The van der Waals surface area contributed by atoms with Crippen LogP contribution < -0.4 is 14.1 Å². The van der Waals surface area contributed by atoms with Gasteiger partial charge in [-0.3, -0.25) is 0 Å². The first-order valence-electron chi connectivity index (χ1n) is 7.72. The number of nitrogens with zero attached hydrogens (tertiary/aromatic N) is 3. The Morgan fingerprint density at radius 3 is 2.07 bits per heavy atom. The van der Waals surface area contributed by atoms with Crippen LogP contribution >= 0.6 is 0 Å². The maximum Gasteiger partial charge on any atom is 0.488 e. The molecular weight excluding hydrogens is 453 g/mol. The van der Waals surface area contributed by atoms with Crippen molar-refractivity contribution in [3.05, 3.63) is 59.9 Å². The van der Waals surface area contributed by atoms with E-state index in [0.29, 0.717) is 0 Å². The van der Waals surface area contributed by atoms with Crippen LogP contribution in [0.4, 0.5) is 12.7 Å². The van der Waals surface area contributed by atoms with Gasteiger partial charge in [0.15, 0.2) is 0 Å². The molecule has 0 saturated heterocycles. The Morgan fingerprint density at radius 1 is 1.00 bits per heavy atom. The molecular formula is C15H11F3N4O6S2. The van der Waals surface area contributed by atoms with Crippen molar-refractivity contribution in [3.8, 4) is 17.2 Å². The molecule has 0 amide bonds. The summed E-state index contributed by atoms with van der Waals surface area (Å²) in [5.41, 5.74) is -0.595. The Hall–Kier alpha value is -3.17. The van der Waals surface area contributed by atoms with Crippen molar-refractivity contribution >= 4 is 20.5 Å². The smallest absolute Gasteiger partial charge is 0.488 e. The normalized spacial score (nSPS) is 12.0. The van der Waals surface area contributed by atoms with E-state index < -0.39 is 49.5 Å². The minimum atomic E-state index is -5.18. The fraction of sp³-hybridized carbons (Fsp3) is 0.0667. The Labute approximate surface area is 168 Å². The molecule has 1 aromatic heterocycles. The summed E-state index contributed by atoms with van der Waals surface area (Å²) in [5.74, 6) is -2.25. The summed E-state index contributed by atoms with van der Waals surface area (Å²) in [5, 5.41) is 7.70. The zero-order valence-electron chi connectivity index (χ0n) is 14.6. The Balaban J connectivity index is 1.75. The number of sulfonamides is 1. The fourth-order valence-corrected chi connectivity index (χ4v) is 2.96. The molecule has 0 aliphatic carbocycles. The van der Waals surface area contributed by atoms with Crippen molar-refractivity contribution in [2.75, 3.05) is 0 Å². The maximum atomic E-state index is 14.3. The van der Waals surface area contributed by atoms with Gasteiger partial charge in [0.2, 0.25) is 0 Å². The predicted octanol–water partition coefficient (Wildman–Crippen LogP) is 1.37. The second kappa shape index (κ2) is 7.92. The molecule has 0 unspecified atom stereocenters. The van der Waals surface area contributed by atoms with Crippen molar-refractivity contribution in [1.82, 2.24) is 14.8 Å². The summed E-state index contributed by atoms with van der Waals surface area (Å²) in [6.45, 7) is -0.542. The highest BCUT2D eigenvalue weighted by atomic mass is 32.3. The molecule has 0 fully saturated rings. The van der Waals surface area contributed by atoms with Gasteiger partial charge in [-0.25, -0.2) is 32.0 Å². The molecule has 0 aliphatic heterocycles. The van der Waals surface area contributed by atoms with E-state index >= 15 is 0 Å². The van der Waals surface area contributed by atoms with Crippen molar-refractivity contribution in [2.45, 2.75) is 11.8 Å². The SMILES string of the molecule is NS(=O)(=O)c1ncn(-c2cc(F)c(COc3ccc(OS(=O)(=O)F)cc3)c(F)c2)n1. The van der Waals surface area contributed by atoms with E-state index in [9.17, 15) is 29.5 Å². The van der Waals surface area contributed by atoms with Gasteiger partial charge in [-0.1, -0.05) is 3.89 Å². The fourth-order valence-electron chi connectivity index (χ4n) is 2.22. The lowest BCUT2D eigenvalue weighted by atomic mass is 10.2. The topological polar surface area (TPSA) is 143 Å². The molecule has 3 aromatic rings. The number of benzene rings is 2. The summed E-state index contributed by atoms with van der Waals surface area (Å²) >= 11 is 0. The zero-order chi connectivity index (χ0) is 22.1. The zero-order valence-corrected chi connectivity index (χ0v) is 16.2. The number of nitrogens with two attached hydrogens (primary N) is 1. The molecule has 10 nitrogen and oxygen atoms in total. The van der Waals surface area contributed by atoms with Gasteiger partial charge in [-0.05, 0) is 24.3 Å². The van der Waals surface area contributed by atoms with Crippen LogP contribution in [0, 0.1) is 11.6 Å². The lowest BCUT2D eigenvalue weighted by molar-refractivity contribution is 0.292. The third kappa shape index (κ3) is 5.25. The molecule has 2 aromatic carbocycles. The Morgan fingerprint density at radius 2 is 1.57 bits per heavy atom. The van der Waals surface area contributed by atoms with Gasteiger partial charge in [-0.15, -0.1) is 5.10 Å². The number of ether oxygens (including phenoxy) is 1. The Bertz CT molecular complexity index is 1270. The molecule has 0 saturated carbocycles. The first-order valence-corrected chi connectivity index (χ1v) is 10.6. The monoisotopic (exact) mass is 464 g/mol. The van der Waals surface area contributed by atoms with Crippen LogP contribution in [0.25, 0.3) is 5.69 Å². The second-order valence-corrected chi connectivity index (χ2v) is 8.05. The predicted molar refractivity (Wildman–Crippen MR) is 94.1 cm³/mol. The molecule has 0 radical (unpaired) electrons. The number of aromatic nitrogens is 3. The first-order chi connectivity index (χ1) is 13.9. The molecule has 30 heavy (non-hydrogen) atoms. The molecule has 0 atom stereocenters. The molecule has 0 spiro atoms. The minimum Gasteiger partial charge on any atom is -0.489 e. The third-order valence-electron chi connectivity index (χ3n) is 3.52. The van der Waals surface area contributed by atoms with E-state index in [1.165, 1.54) is 12.1 Å².